The molecule has 0 amide bonds. The topological polar surface area (TPSA) is 20.2 Å². The fourth-order valence-corrected chi connectivity index (χ4v) is 1.13. The van der Waals surface area contributed by atoms with Gasteiger partial charge in [0, 0.05) is 0 Å². The summed E-state index contributed by atoms with van der Waals surface area (Å²) in [6, 6.07) is 0. The van der Waals surface area contributed by atoms with Crippen LogP contribution in [0.15, 0.2) is 0 Å². The highest BCUT2D eigenvalue weighted by molar-refractivity contribution is 4.71. The summed E-state index contributed by atoms with van der Waals surface area (Å²) in [4.78, 5) is 0. The van der Waals surface area contributed by atoms with E-state index in [1.165, 1.54) is 12.8 Å². The Morgan fingerprint density at radius 2 is 2.14 bits per heavy atom. The first-order valence-corrected chi connectivity index (χ1v) is 2.99. The van der Waals surface area contributed by atoms with Crippen LogP contribution in [-0.4, -0.2) is 11.2 Å². The second kappa shape index (κ2) is 1.83. The monoisotopic (exact) mass is 100 g/mol. The molecule has 0 radical (unpaired) electrons. The van der Waals surface area contributed by atoms with Gasteiger partial charge in [-0.2, -0.15) is 0 Å². The van der Waals surface area contributed by atoms with E-state index in [2.05, 4.69) is 6.92 Å². The number of rotatable bonds is 0. The van der Waals surface area contributed by atoms with E-state index in [9.17, 15) is 0 Å². The Labute approximate surface area is 44.4 Å². The average molecular weight is 100 g/mol. The van der Waals surface area contributed by atoms with E-state index in [1.807, 2.05) is 0 Å². The van der Waals surface area contributed by atoms with E-state index in [0.29, 0.717) is 5.92 Å². The first-order chi connectivity index (χ1) is 3.30. The van der Waals surface area contributed by atoms with Crippen LogP contribution >= 0.6 is 0 Å². The summed E-state index contributed by atoms with van der Waals surface area (Å²) in [6.45, 7) is 2.11. The van der Waals surface area contributed by atoms with Gasteiger partial charge in [0.2, 0.25) is 0 Å². The maximum Gasteiger partial charge on any atom is 0.0565 e. The van der Waals surface area contributed by atoms with E-state index in [4.69, 9.17) is 5.11 Å². The maximum absolute atomic E-state index is 9.00. The highest BCUT2D eigenvalue weighted by atomic mass is 16.3. The molecule has 0 saturated heterocycles. The molecule has 0 aliphatic heterocycles. The fraction of sp³-hybridized carbons (Fsp3) is 1.00. The molecule has 1 saturated carbocycles. The third kappa shape index (κ3) is 0.942. The minimum absolute atomic E-state index is 0.0139. The Bertz CT molecular complexity index is 53.2. The molecular formula is C6H12O. The van der Waals surface area contributed by atoms with Crippen molar-refractivity contribution in [3.63, 3.8) is 0 Å². The molecule has 2 atom stereocenters. The van der Waals surface area contributed by atoms with E-state index < -0.39 is 0 Å². The number of aliphatic hydroxyl groups excluding tert-OH is 1. The predicted molar refractivity (Wildman–Crippen MR) is 29.0 cm³/mol. The average Bonchev–Trinajstić information content (AvgIpc) is 1.91. The van der Waals surface area contributed by atoms with Crippen LogP contribution in [0.3, 0.4) is 0 Å². The second-order valence-electron chi connectivity index (χ2n) is 2.48. The summed E-state index contributed by atoms with van der Waals surface area (Å²) in [5, 5.41) is 9.00. The van der Waals surface area contributed by atoms with Gasteiger partial charge in [-0.25, -0.2) is 0 Å². The third-order valence-electron chi connectivity index (χ3n) is 1.82. The molecule has 1 nitrogen and oxygen atoms in total. The summed E-state index contributed by atoms with van der Waals surface area (Å²) in [7, 11) is 0. The van der Waals surface area contributed by atoms with Crippen molar-refractivity contribution in [2.24, 2.45) is 5.92 Å². The minimum Gasteiger partial charge on any atom is -0.393 e. The van der Waals surface area contributed by atoms with Crippen molar-refractivity contribution >= 4 is 0 Å². The molecule has 0 aromatic heterocycles. The van der Waals surface area contributed by atoms with Gasteiger partial charge in [-0.1, -0.05) is 13.3 Å². The molecule has 42 valence electrons. The zero-order chi connectivity index (χ0) is 5.28. The Hall–Kier alpha value is -0.0400. The predicted octanol–water partition coefficient (Wildman–Crippen LogP) is 1.17. The Morgan fingerprint density at radius 1 is 1.43 bits per heavy atom. The van der Waals surface area contributed by atoms with Crippen molar-refractivity contribution in [3.05, 3.63) is 0 Å². The molecule has 7 heavy (non-hydrogen) atoms. The lowest BCUT2D eigenvalue weighted by molar-refractivity contribution is 0.141. The molecule has 0 spiro atoms. The molecule has 1 aliphatic rings. The molecule has 0 unspecified atom stereocenters. The van der Waals surface area contributed by atoms with E-state index >= 15 is 0 Å². The minimum atomic E-state index is 0.0139. The highest BCUT2D eigenvalue weighted by Crippen LogP contribution is 2.23. The summed E-state index contributed by atoms with van der Waals surface area (Å²) >= 11 is 0. The zero-order valence-electron chi connectivity index (χ0n) is 4.72. The van der Waals surface area contributed by atoms with Crippen LogP contribution in [0.2, 0.25) is 0 Å². The number of aliphatic hydroxyl groups is 1. The maximum atomic E-state index is 9.00. The summed E-state index contributed by atoms with van der Waals surface area (Å²) in [6.07, 6.45) is 3.49. The molecule has 1 N–H and O–H groups in total. The van der Waals surface area contributed by atoms with Gasteiger partial charge < -0.3 is 5.11 Å². The van der Waals surface area contributed by atoms with E-state index in [-0.39, 0.29) is 6.10 Å². The molecule has 0 aromatic carbocycles. The van der Waals surface area contributed by atoms with Gasteiger partial charge in [0.05, 0.1) is 6.10 Å². The lowest BCUT2D eigenvalue weighted by atomic mass is 10.1. The molecular weight excluding hydrogens is 88.1 g/mol. The molecule has 1 rings (SSSR count). The van der Waals surface area contributed by atoms with Crippen molar-refractivity contribution < 1.29 is 5.11 Å². The van der Waals surface area contributed by atoms with Crippen LogP contribution in [0.25, 0.3) is 0 Å². The quantitative estimate of drug-likeness (QED) is 0.484. The largest absolute Gasteiger partial charge is 0.393 e. The Morgan fingerprint density at radius 3 is 2.29 bits per heavy atom. The summed E-state index contributed by atoms with van der Waals surface area (Å²) in [5.74, 6) is 0.569. The van der Waals surface area contributed by atoms with Crippen LogP contribution in [-0.2, 0) is 0 Å². The molecule has 0 heterocycles. The highest BCUT2D eigenvalue weighted by Gasteiger charge is 2.19. The zero-order valence-corrected chi connectivity index (χ0v) is 4.72. The Balaban J connectivity index is 2.33. The van der Waals surface area contributed by atoms with Gasteiger partial charge in [-0.05, 0) is 18.8 Å². The van der Waals surface area contributed by atoms with Crippen molar-refractivity contribution in [1.82, 2.24) is 0 Å². The first-order valence-electron chi connectivity index (χ1n) is 2.99. The summed E-state index contributed by atoms with van der Waals surface area (Å²) in [5.41, 5.74) is 0. The number of hydrogen-bond donors (Lipinski definition) is 1. The van der Waals surface area contributed by atoms with Crippen LogP contribution < -0.4 is 0 Å². The SMILES string of the molecule is C[C@H]1CCC[C@H]1O. The molecule has 1 aliphatic carbocycles. The molecule has 1 heteroatoms. The van der Waals surface area contributed by atoms with Crippen molar-refractivity contribution in [1.29, 1.82) is 0 Å². The summed E-state index contributed by atoms with van der Waals surface area (Å²) < 4.78 is 0. The fourth-order valence-electron chi connectivity index (χ4n) is 1.13. The van der Waals surface area contributed by atoms with Gasteiger partial charge in [-0.15, -0.1) is 0 Å². The van der Waals surface area contributed by atoms with Crippen LogP contribution in [0.4, 0.5) is 0 Å². The normalized spacial score (nSPS) is 42.0. The van der Waals surface area contributed by atoms with Crippen molar-refractivity contribution in [2.75, 3.05) is 0 Å². The number of hydrogen-bond acceptors (Lipinski definition) is 1. The van der Waals surface area contributed by atoms with Crippen LogP contribution in [0.1, 0.15) is 26.2 Å². The van der Waals surface area contributed by atoms with Gasteiger partial charge >= 0.3 is 0 Å². The smallest absolute Gasteiger partial charge is 0.0565 e. The Kier molecular flexibility index (Phi) is 1.33. The van der Waals surface area contributed by atoms with Crippen molar-refractivity contribution in [3.8, 4) is 0 Å². The molecule has 0 bridgehead atoms. The lowest BCUT2D eigenvalue weighted by Crippen LogP contribution is -2.07. The first kappa shape index (κ1) is 5.10. The van der Waals surface area contributed by atoms with Crippen LogP contribution in [0.5, 0.6) is 0 Å². The van der Waals surface area contributed by atoms with Gasteiger partial charge in [-0.3, -0.25) is 0 Å². The molecule has 1 fully saturated rings. The van der Waals surface area contributed by atoms with Crippen LogP contribution in [0, 0.1) is 5.92 Å². The van der Waals surface area contributed by atoms with Crippen molar-refractivity contribution in [2.45, 2.75) is 32.3 Å². The van der Waals surface area contributed by atoms with Gasteiger partial charge in [0.25, 0.3) is 0 Å². The lowest BCUT2D eigenvalue weighted by Gasteiger charge is -2.04. The standard InChI is InChI=1S/C6H12O/c1-5-3-2-4-6(5)7/h5-7H,2-4H2,1H3/t5-,6+/m0/s1. The second-order valence-corrected chi connectivity index (χ2v) is 2.48. The van der Waals surface area contributed by atoms with Gasteiger partial charge in [0.1, 0.15) is 0 Å². The molecule has 0 aromatic rings. The van der Waals surface area contributed by atoms with Gasteiger partial charge in [0.15, 0.2) is 0 Å². The van der Waals surface area contributed by atoms with E-state index in [1.54, 1.807) is 0 Å². The van der Waals surface area contributed by atoms with E-state index in [0.717, 1.165) is 6.42 Å². The third-order valence-corrected chi connectivity index (χ3v) is 1.82.